The number of nitro benzene ring substituents is 1. The molecule has 0 spiro atoms. The Balaban J connectivity index is 1.28. The van der Waals surface area contributed by atoms with Crippen molar-refractivity contribution in [3.8, 4) is 11.3 Å². The Morgan fingerprint density at radius 1 is 1.00 bits per heavy atom. The first-order valence-corrected chi connectivity index (χ1v) is 12.5. The van der Waals surface area contributed by atoms with Crippen molar-refractivity contribution in [3.05, 3.63) is 111 Å². The van der Waals surface area contributed by atoms with Gasteiger partial charge in [-0.2, -0.15) is 0 Å². The number of nitro groups is 1. The SMILES string of the molecule is O=C(NCCN1C(=O)SC(=Cc2ccc([N+](=O)[O-])cc2)C1=O)c1cc(-c2ccccc2)nc2ccccc12. The van der Waals surface area contributed by atoms with Crippen LogP contribution in [0.2, 0.25) is 0 Å². The Hall–Kier alpha value is -4.83. The normalized spacial score (nSPS) is 14.3. The van der Waals surface area contributed by atoms with Crippen molar-refractivity contribution in [1.29, 1.82) is 0 Å². The highest BCUT2D eigenvalue weighted by Gasteiger charge is 2.34. The average Bonchev–Trinajstić information content (AvgIpc) is 3.20. The van der Waals surface area contributed by atoms with E-state index in [0.29, 0.717) is 27.7 Å². The van der Waals surface area contributed by atoms with Crippen LogP contribution >= 0.6 is 11.8 Å². The number of hydrogen-bond acceptors (Lipinski definition) is 7. The van der Waals surface area contributed by atoms with Crippen LogP contribution in [-0.4, -0.2) is 45.0 Å². The standard InChI is InChI=1S/C28H20N4O5S/c33-26(22-17-24(19-6-2-1-3-7-19)30-23-9-5-4-8-21(22)23)29-14-15-31-27(34)25(38-28(31)35)16-18-10-12-20(13-11-18)32(36)37/h1-13,16-17H,14-15H2,(H,29,33). The number of amides is 3. The summed E-state index contributed by atoms with van der Waals surface area (Å²) in [5.41, 5.74) is 3.17. The highest BCUT2D eigenvalue weighted by molar-refractivity contribution is 8.18. The number of pyridine rings is 1. The fourth-order valence-electron chi connectivity index (χ4n) is 4.03. The maximum atomic E-state index is 13.2. The first-order chi connectivity index (χ1) is 18.4. The zero-order valence-corrected chi connectivity index (χ0v) is 20.7. The number of para-hydroxylation sites is 1. The Bertz CT molecular complexity index is 1600. The maximum Gasteiger partial charge on any atom is 0.293 e. The van der Waals surface area contributed by atoms with Gasteiger partial charge in [0.15, 0.2) is 0 Å². The predicted octanol–water partition coefficient (Wildman–Crippen LogP) is 5.28. The summed E-state index contributed by atoms with van der Waals surface area (Å²) in [5.74, 6) is -0.817. The summed E-state index contributed by atoms with van der Waals surface area (Å²) in [6.45, 7) is 0.0710. The molecular weight excluding hydrogens is 504 g/mol. The van der Waals surface area contributed by atoms with Crippen molar-refractivity contribution >= 4 is 51.5 Å². The van der Waals surface area contributed by atoms with E-state index in [-0.39, 0.29) is 29.6 Å². The second kappa shape index (κ2) is 10.7. The largest absolute Gasteiger partial charge is 0.350 e. The smallest absolute Gasteiger partial charge is 0.293 e. The van der Waals surface area contributed by atoms with Crippen molar-refractivity contribution in [2.75, 3.05) is 13.1 Å². The molecule has 1 fully saturated rings. The van der Waals surface area contributed by atoms with E-state index in [1.165, 1.54) is 30.3 Å². The van der Waals surface area contributed by atoms with E-state index in [1.54, 1.807) is 6.07 Å². The van der Waals surface area contributed by atoms with Gasteiger partial charge in [0, 0.05) is 36.2 Å². The molecule has 3 aromatic carbocycles. The maximum absolute atomic E-state index is 13.2. The molecule has 5 rings (SSSR count). The number of rotatable bonds is 7. The van der Waals surface area contributed by atoms with Gasteiger partial charge in [0.1, 0.15) is 0 Å². The van der Waals surface area contributed by atoms with E-state index >= 15 is 0 Å². The molecule has 1 aliphatic rings. The molecule has 188 valence electrons. The lowest BCUT2D eigenvalue weighted by Gasteiger charge is -2.14. The number of carbonyl (C=O) groups is 3. The summed E-state index contributed by atoms with van der Waals surface area (Å²) < 4.78 is 0. The van der Waals surface area contributed by atoms with Crippen LogP contribution in [0, 0.1) is 10.1 Å². The summed E-state index contributed by atoms with van der Waals surface area (Å²) in [7, 11) is 0. The fraction of sp³-hybridized carbons (Fsp3) is 0.0714. The molecule has 3 amide bonds. The topological polar surface area (TPSA) is 123 Å². The van der Waals surface area contributed by atoms with Gasteiger partial charge in [0.05, 0.1) is 26.6 Å². The minimum atomic E-state index is -0.511. The highest BCUT2D eigenvalue weighted by atomic mass is 32.2. The third-order valence-electron chi connectivity index (χ3n) is 5.93. The van der Waals surface area contributed by atoms with E-state index in [4.69, 9.17) is 0 Å². The van der Waals surface area contributed by atoms with Crippen LogP contribution in [0.1, 0.15) is 15.9 Å². The Morgan fingerprint density at radius 2 is 1.71 bits per heavy atom. The van der Waals surface area contributed by atoms with Crippen molar-refractivity contribution in [2.45, 2.75) is 0 Å². The minimum Gasteiger partial charge on any atom is -0.350 e. The number of aromatic nitrogens is 1. The first kappa shape index (κ1) is 24.8. The number of hydrogen-bond donors (Lipinski definition) is 1. The fourth-order valence-corrected chi connectivity index (χ4v) is 4.90. The van der Waals surface area contributed by atoms with E-state index in [0.717, 1.165) is 22.2 Å². The van der Waals surface area contributed by atoms with Crippen LogP contribution in [0.4, 0.5) is 10.5 Å². The van der Waals surface area contributed by atoms with Gasteiger partial charge in [-0.1, -0.05) is 48.5 Å². The molecule has 9 nitrogen and oxygen atoms in total. The number of benzene rings is 3. The first-order valence-electron chi connectivity index (χ1n) is 11.6. The Labute approximate surface area is 221 Å². The van der Waals surface area contributed by atoms with Gasteiger partial charge in [-0.15, -0.1) is 0 Å². The van der Waals surface area contributed by atoms with Crippen LogP contribution < -0.4 is 5.32 Å². The summed E-state index contributed by atoms with van der Waals surface area (Å²) >= 11 is 0.787. The van der Waals surface area contributed by atoms with E-state index in [9.17, 15) is 24.5 Å². The van der Waals surface area contributed by atoms with Crippen LogP contribution in [-0.2, 0) is 4.79 Å². The quantitative estimate of drug-likeness (QED) is 0.198. The molecule has 0 saturated carbocycles. The second-order valence-electron chi connectivity index (χ2n) is 8.38. The van der Waals surface area contributed by atoms with Gasteiger partial charge < -0.3 is 5.32 Å². The van der Waals surface area contributed by atoms with Crippen LogP contribution in [0.5, 0.6) is 0 Å². The Kier molecular flexibility index (Phi) is 6.96. The van der Waals surface area contributed by atoms with Gasteiger partial charge >= 0.3 is 0 Å². The number of thioether (sulfide) groups is 1. The van der Waals surface area contributed by atoms with Crippen molar-refractivity contribution in [3.63, 3.8) is 0 Å². The zero-order valence-electron chi connectivity index (χ0n) is 19.9. The van der Waals surface area contributed by atoms with Gasteiger partial charge in [0.25, 0.3) is 22.7 Å². The molecule has 10 heteroatoms. The zero-order chi connectivity index (χ0) is 26.6. The van der Waals surface area contributed by atoms with Gasteiger partial charge in [-0.3, -0.25) is 29.4 Å². The molecule has 2 heterocycles. The third-order valence-corrected chi connectivity index (χ3v) is 6.83. The summed E-state index contributed by atoms with van der Waals surface area (Å²) in [4.78, 5) is 54.7. The molecule has 0 bridgehead atoms. The molecule has 0 unspecified atom stereocenters. The molecule has 0 radical (unpaired) electrons. The monoisotopic (exact) mass is 524 g/mol. The predicted molar refractivity (Wildman–Crippen MR) is 145 cm³/mol. The van der Waals surface area contributed by atoms with Crippen molar-refractivity contribution < 1.29 is 19.3 Å². The van der Waals surface area contributed by atoms with E-state index in [1.807, 2.05) is 54.6 Å². The lowest BCUT2D eigenvalue weighted by atomic mass is 10.0. The molecule has 38 heavy (non-hydrogen) atoms. The van der Waals surface area contributed by atoms with E-state index in [2.05, 4.69) is 10.3 Å². The molecule has 1 N–H and O–H groups in total. The minimum absolute atomic E-state index is 0.00255. The number of nitrogens with zero attached hydrogens (tertiary/aromatic N) is 3. The van der Waals surface area contributed by atoms with Gasteiger partial charge in [0.2, 0.25) is 0 Å². The lowest BCUT2D eigenvalue weighted by Crippen LogP contribution is -2.37. The summed E-state index contributed by atoms with van der Waals surface area (Å²) in [6, 6.07) is 24.3. The number of imide groups is 1. The van der Waals surface area contributed by atoms with Crippen LogP contribution in [0.3, 0.4) is 0 Å². The second-order valence-corrected chi connectivity index (χ2v) is 9.37. The highest BCUT2D eigenvalue weighted by Crippen LogP contribution is 2.32. The van der Waals surface area contributed by atoms with Crippen LogP contribution in [0.15, 0.2) is 89.8 Å². The molecule has 1 aliphatic heterocycles. The summed E-state index contributed by atoms with van der Waals surface area (Å²) in [5, 5.41) is 13.9. The number of carbonyl (C=O) groups excluding carboxylic acids is 3. The average molecular weight is 525 g/mol. The van der Waals surface area contributed by atoms with Gasteiger partial charge in [-0.25, -0.2) is 4.98 Å². The number of fused-ring (bicyclic) bond motifs is 1. The lowest BCUT2D eigenvalue weighted by molar-refractivity contribution is -0.384. The van der Waals surface area contributed by atoms with E-state index < -0.39 is 16.1 Å². The molecule has 4 aromatic rings. The van der Waals surface area contributed by atoms with Gasteiger partial charge in [-0.05, 0) is 47.7 Å². The van der Waals surface area contributed by atoms with Crippen molar-refractivity contribution in [2.24, 2.45) is 0 Å². The molecule has 0 aliphatic carbocycles. The number of nitrogens with one attached hydrogen (secondary N) is 1. The van der Waals surface area contributed by atoms with Crippen LogP contribution in [0.25, 0.3) is 28.2 Å². The molecule has 1 saturated heterocycles. The molecule has 0 atom stereocenters. The van der Waals surface area contributed by atoms with Crippen molar-refractivity contribution in [1.82, 2.24) is 15.2 Å². The Morgan fingerprint density at radius 3 is 2.45 bits per heavy atom. The number of non-ortho nitro benzene ring substituents is 1. The molecule has 1 aromatic heterocycles. The molecular formula is C28H20N4O5S. The third kappa shape index (κ3) is 5.16. The summed E-state index contributed by atoms with van der Waals surface area (Å²) in [6.07, 6.45) is 1.52.